The molecule has 4 nitrogen and oxygen atoms in total. The minimum atomic E-state index is -0.689. The fourth-order valence-corrected chi connectivity index (χ4v) is 1.56. The molecule has 0 radical (unpaired) electrons. The zero-order valence-electron chi connectivity index (χ0n) is 10.1. The van der Waals surface area contributed by atoms with Crippen molar-refractivity contribution in [3.63, 3.8) is 0 Å². The van der Waals surface area contributed by atoms with Crippen LogP contribution in [-0.4, -0.2) is 42.9 Å². The van der Waals surface area contributed by atoms with Crippen LogP contribution < -0.4 is 0 Å². The maximum absolute atomic E-state index is 9.21. The third kappa shape index (κ3) is 3.51. The highest BCUT2D eigenvalue weighted by atomic mass is 16.7. The van der Waals surface area contributed by atoms with Crippen LogP contribution in [0.2, 0.25) is 0 Å². The maximum Gasteiger partial charge on any atom is 0.183 e. The Balaban J connectivity index is 2.67. The van der Waals surface area contributed by atoms with Crippen LogP contribution in [0.5, 0.6) is 0 Å². The minimum absolute atomic E-state index is 0.152. The van der Waals surface area contributed by atoms with Crippen molar-refractivity contribution >= 4 is 0 Å². The highest BCUT2D eigenvalue weighted by Gasteiger charge is 2.36. The van der Waals surface area contributed by atoms with Crippen LogP contribution in [-0.2, 0) is 9.47 Å². The zero-order chi connectivity index (χ0) is 12.7. The van der Waals surface area contributed by atoms with Crippen LogP contribution >= 0.6 is 0 Å². The van der Waals surface area contributed by atoms with Crippen molar-refractivity contribution in [2.24, 2.45) is 5.41 Å². The molecule has 2 N–H and O–H groups in total. The van der Waals surface area contributed by atoms with Gasteiger partial charge in [-0.05, 0) is 6.92 Å². The first kappa shape index (κ1) is 14.1. The van der Waals surface area contributed by atoms with Gasteiger partial charge in [0.25, 0.3) is 0 Å². The van der Waals surface area contributed by atoms with Crippen molar-refractivity contribution < 1.29 is 19.7 Å². The van der Waals surface area contributed by atoms with Crippen LogP contribution in [0.3, 0.4) is 0 Å². The molecular formula is C13H20O4. The molecule has 0 bridgehead atoms. The Morgan fingerprint density at radius 3 is 2.35 bits per heavy atom. The van der Waals surface area contributed by atoms with Crippen molar-refractivity contribution in [2.75, 3.05) is 26.4 Å². The standard InChI is InChI=1S/C13H20O4/c1-3-5-11(6-4-2)12-16-9-13(7-14,8-15)10-17-12/h3-6,12,14-15H,1,7-10H2,2H3/b6-4-,11-5+. The summed E-state index contributed by atoms with van der Waals surface area (Å²) in [7, 11) is 0. The molecule has 1 aliphatic heterocycles. The number of ether oxygens (including phenoxy) is 2. The van der Waals surface area contributed by atoms with E-state index in [0.717, 1.165) is 5.57 Å². The normalized spacial score (nSPS) is 21.9. The summed E-state index contributed by atoms with van der Waals surface area (Å²) in [5.41, 5.74) is 0.179. The van der Waals surface area contributed by atoms with E-state index in [0.29, 0.717) is 0 Å². The Bertz CT molecular complexity index is 293. The molecule has 4 heteroatoms. The quantitative estimate of drug-likeness (QED) is 0.704. The van der Waals surface area contributed by atoms with Gasteiger partial charge in [0.2, 0.25) is 0 Å². The monoisotopic (exact) mass is 240 g/mol. The summed E-state index contributed by atoms with van der Waals surface area (Å²) in [5, 5.41) is 18.4. The SMILES string of the molecule is C=C/C=C(\C=C/C)C1OCC(CO)(CO)CO1. The van der Waals surface area contributed by atoms with Gasteiger partial charge in [0.1, 0.15) is 0 Å². The molecule has 0 atom stereocenters. The number of aliphatic hydroxyl groups is 2. The highest BCUT2D eigenvalue weighted by Crippen LogP contribution is 2.26. The van der Waals surface area contributed by atoms with Crippen molar-refractivity contribution in [1.29, 1.82) is 0 Å². The van der Waals surface area contributed by atoms with E-state index in [1.165, 1.54) is 0 Å². The van der Waals surface area contributed by atoms with Crippen molar-refractivity contribution in [2.45, 2.75) is 13.2 Å². The smallest absolute Gasteiger partial charge is 0.183 e. The number of allylic oxidation sites excluding steroid dienone is 3. The second kappa shape index (κ2) is 6.71. The average molecular weight is 240 g/mol. The first-order valence-electron chi connectivity index (χ1n) is 5.61. The molecule has 1 saturated heterocycles. The third-order valence-electron chi connectivity index (χ3n) is 2.69. The number of aliphatic hydroxyl groups excluding tert-OH is 2. The average Bonchev–Trinajstić information content (AvgIpc) is 2.39. The molecule has 1 rings (SSSR count). The van der Waals surface area contributed by atoms with Crippen LogP contribution in [0.15, 0.2) is 36.5 Å². The Morgan fingerprint density at radius 1 is 1.35 bits per heavy atom. The summed E-state index contributed by atoms with van der Waals surface area (Å²) < 4.78 is 11.1. The largest absolute Gasteiger partial charge is 0.396 e. The van der Waals surface area contributed by atoms with Gasteiger partial charge < -0.3 is 19.7 Å². The second-order valence-corrected chi connectivity index (χ2v) is 4.17. The van der Waals surface area contributed by atoms with Crippen molar-refractivity contribution in [1.82, 2.24) is 0 Å². The molecule has 0 amide bonds. The van der Waals surface area contributed by atoms with E-state index < -0.39 is 11.7 Å². The summed E-state index contributed by atoms with van der Waals surface area (Å²) in [5.74, 6) is 0. The van der Waals surface area contributed by atoms with Gasteiger partial charge in [0.15, 0.2) is 6.29 Å². The predicted molar refractivity (Wildman–Crippen MR) is 65.4 cm³/mol. The molecule has 0 aromatic carbocycles. The molecule has 0 saturated carbocycles. The number of rotatable bonds is 5. The molecule has 1 fully saturated rings. The molecule has 0 aromatic heterocycles. The molecular weight excluding hydrogens is 220 g/mol. The molecule has 0 spiro atoms. The van der Waals surface area contributed by atoms with Crippen molar-refractivity contribution in [3.8, 4) is 0 Å². The number of hydrogen-bond donors (Lipinski definition) is 2. The van der Waals surface area contributed by atoms with E-state index in [2.05, 4.69) is 6.58 Å². The van der Waals surface area contributed by atoms with Gasteiger partial charge in [-0.25, -0.2) is 0 Å². The molecule has 0 aromatic rings. The molecule has 1 heterocycles. The van der Waals surface area contributed by atoms with Gasteiger partial charge in [0, 0.05) is 5.57 Å². The lowest BCUT2D eigenvalue weighted by Crippen LogP contribution is -2.47. The molecule has 96 valence electrons. The summed E-state index contributed by atoms with van der Waals surface area (Å²) in [6.07, 6.45) is 6.80. The summed E-state index contributed by atoms with van der Waals surface area (Å²) in [6.45, 7) is 5.79. The van der Waals surface area contributed by atoms with Gasteiger partial charge >= 0.3 is 0 Å². The Morgan fingerprint density at radius 2 is 1.94 bits per heavy atom. The molecule has 1 aliphatic rings. The second-order valence-electron chi connectivity index (χ2n) is 4.17. The summed E-state index contributed by atoms with van der Waals surface area (Å²) >= 11 is 0. The molecule has 0 unspecified atom stereocenters. The Hall–Kier alpha value is -0.940. The van der Waals surface area contributed by atoms with Gasteiger partial charge in [-0.3, -0.25) is 0 Å². The maximum atomic E-state index is 9.21. The van der Waals surface area contributed by atoms with Gasteiger partial charge in [-0.1, -0.05) is 30.9 Å². The van der Waals surface area contributed by atoms with Gasteiger partial charge in [-0.15, -0.1) is 0 Å². The lowest BCUT2D eigenvalue weighted by Gasteiger charge is -2.37. The third-order valence-corrected chi connectivity index (χ3v) is 2.69. The van der Waals surface area contributed by atoms with E-state index in [1.807, 2.05) is 25.2 Å². The first-order chi connectivity index (χ1) is 8.21. The van der Waals surface area contributed by atoms with E-state index in [1.54, 1.807) is 6.08 Å². The lowest BCUT2D eigenvalue weighted by atomic mass is 9.91. The van der Waals surface area contributed by atoms with E-state index in [-0.39, 0.29) is 26.4 Å². The Kier molecular flexibility index (Phi) is 5.58. The lowest BCUT2D eigenvalue weighted by molar-refractivity contribution is -0.226. The Labute approximate surface area is 102 Å². The highest BCUT2D eigenvalue weighted by molar-refractivity contribution is 5.25. The first-order valence-corrected chi connectivity index (χ1v) is 5.61. The van der Waals surface area contributed by atoms with E-state index in [4.69, 9.17) is 9.47 Å². The zero-order valence-corrected chi connectivity index (χ0v) is 10.1. The molecule has 0 aliphatic carbocycles. The van der Waals surface area contributed by atoms with Crippen LogP contribution in [0.25, 0.3) is 0 Å². The van der Waals surface area contributed by atoms with Crippen LogP contribution in [0.4, 0.5) is 0 Å². The summed E-state index contributed by atoms with van der Waals surface area (Å²) in [4.78, 5) is 0. The molecule has 17 heavy (non-hydrogen) atoms. The van der Waals surface area contributed by atoms with E-state index in [9.17, 15) is 10.2 Å². The minimum Gasteiger partial charge on any atom is -0.396 e. The fourth-order valence-electron chi connectivity index (χ4n) is 1.56. The van der Waals surface area contributed by atoms with Crippen molar-refractivity contribution in [3.05, 3.63) is 36.5 Å². The van der Waals surface area contributed by atoms with Crippen LogP contribution in [0.1, 0.15) is 6.92 Å². The predicted octanol–water partition coefficient (Wildman–Crippen LogP) is 1.02. The van der Waals surface area contributed by atoms with Gasteiger partial charge in [0.05, 0.1) is 31.8 Å². The van der Waals surface area contributed by atoms with Gasteiger partial charge in [-0.2, -0.15) is 0 Å². The topological polar surface area (TPSA) is 58.9 Å². The van der Waals surface area contributed by atoms with E-state index >= 15 is 0 Å². The van der Waals surface area contributed by atoms with Crippen LogP contribution in [0, 0.1) is 5.41 Å². The summed E-state index contributed by atoms with van der Waals surface area (Å²) in [6, 6.07) is 0. The number of hydrogen-bond acceptors (Lipinski definition) is 4. The fraction of sp³-hybridized carbons (Fsp3) is 0.538.